The van der Waals surface area contributed by atoms with Gasteiger partial charge in [0.25, 0.3) is 0 Å². The molecule has 2 aromatic carbocycles. The molecule has 1 aliphatic rings. The fourth-order valence-corrected chi connectivity index (χ4v) is 3.78. The molecule has 2 amide bonds. The van der Waals surface area contributed by atoms with Gasteiger partial charge in [-0.05, 0) is 60.9 Å². The van der Waals surface area contributed by atoms with Crippen LogP contribution in [0.4, 0.5) is 16.2 Å². The third-order valence-corrected chi connectivity index (χ3v) is 5.76. The monoisotopic (exact) mass is 443 g/mol. The van der Waals surface area contributed by atoms with Crippen molar-refractivity contribution in [1.82, 2.24) is 9.80 Å². The maximum Gasteiger partial charge on any atom is 0.321 e. The van der Waals surface area contributed by atoms with E-state index in [0.717, 1.165) is 17.0 Å². The Hall–Kier alpha value is -2.93. The second-order valence-electron chi connectivity index (χ2n) is 8.01. The van der Waals surface area contributed by atoms with Crippen LogP contribution in [0.3, 0.4) is 0 Å². The van der Waals surface area contributed by atoms with E-state index in [-0.39, 0.29) is 18.0 Å². The van der Waals surface area contributed by atoms with Gasteiger partial charge < -0.3 is 25.6 Å². The zero-order chi connectivity index (χ0) is 22.5. The summed E-state index contributed by atoms with van der Waals surface area (Å²) in [6, 6.07) is 12.7. The number of methoxy groups -OCH3 is 1. The Bertz CT molecular complexity index is 945. The summed E-state index contributed by atoms with van der Waals surface area (Å²) in [4.78, 5) is 21.4. The number of aryl methyl sites for hydroxylation is 1. The molecule has 31 heavy (non-hydrogen) atoms. The Morgan fingerprint density at radius 2 is 1.94 bits per heavy atom. The lowest BCUT2D eigenvalue weighted by molar-refractivity contribution is 0.119. The number of amides is 2. The van der Waals surface area contributed by atoms with Crippen LogP contribution in [0.2, 0.25) is 5.02 Å². The highest BCUT2D eigenvalue weighted by molar-refractivity contribution is 6.30. The van der Waals surface area contributed by atoms with Crippen LogP contribution < -0.4 is 15.8 Å². The number of nitrogens with zero attached hydrogens (tertiary/aromatic N) is 3. The number of anilines is 1. The van der Waals surface area contributed by atoms with Crippen molar-refractivity contribution >= 4 is 35.0 Å². The number of nitrogens with one attached hydrogen (secondary N) is 1. The molecule has 0 radical (unpaired) electrons. The number of hydrogen-bond acceptors (Lipinski definition) is 3. The molecule has 0 aromatic heterocycles. The average Bonchev–Trinajstić information content (AvgIpc) is 2.76. The predicted molar refractivity (Wildman–Crippen MR) is 126 cm³/mol. The van der Waals surface area contributed by atoms with Gasteiger partial charge in [0.05, 0.1) is 18.8 Å². The van der Waals surface area contributed by atoms with Crippen molar-refractivity contribution in [3.63, 3.8) is 0 Å². The quantitative estimate of drug-likeness (QED) is 0.539. The highest BCUT2D eigenvalue weighted by Crippen LogP contribution is 2.25. The van der Waals surface area contributed by atoms with Crippen molar-refractivity contribution in [2.75, 3.05) is 32.1 Å². The number of carbonyl (C=O) groups excluding carboxylic acids is 1. The molecular formula is C23H30ClN5O2. The fraction of sp³-hybridized carbons (Fsp3) is 0.391. The highest BCUT2D eigenvalue weighted by Gasteiger charge is 2.32. The molecule has 0 spiro atoms. The van der Waals surface area contributed by atoms with Gasteiger partial charge in [0.1, 0.15) is 5.75 Å². The first-order chi connectivity index (χ1) is 14.8. The second-order valence-corrected chi connectivity index (χ2v) is 8.45. The van der Waals surface area contributed by atoms with Gasteiger partial charge in [-0.1, -0.05) is 25.4 Å². The minimum absolute atomic E-state index is 0.0621. The number of halogens is 1. The third kappa shape index (κ3) is 5.61. The standard InChI is InChI=1S/C23H30ClN5O2/c1-15(2)21-14-28(23(30)26-18-7-5-17(24)6-8-18)11-12-29(21)22(25)27-20-10-9-19(31-4)13-16(20)3/h5-10,13,15,21H,11-12,14H2,1-4H3,(H2,25,27)(H,26,30). The van der Waals surface area contributed by atoms with E-state index < -0.39 is 0 Å². The Kier molecular flexibility index (Phi) is 7.28. The number of carbonyl (C=O) groups is 1. The van der Waals surface area contributed by atoms with E-state index in [2.05, 4.69) is 29.1 Å². The van der Waals surface area contributed by atoms with Crippen LogP contribution in [-0.4, -0.2) is 54.6 Å². The number of urea groups is 1. The van der Waals surface area contributed by atoms with E-state index in [9.17, 15) is 4.79 Å². The Morgan fingerprint density at radius 3 is 2.55 bits per heavy atom. The maximum absolute atomic E-state index is 12.8. The van der Waals surface area contributed by atoms with Crippen LogP contribution in [0.25, 0.3) is 0 Å². The van der Waals surface area contributed by atoms with E-state index in [4.69, 9.17) is 22.1 Å². The Morgan fingerprint density at radius 1 is 1.23 bits per heavy atom. The smallest absolute Gasteiger partial charge is 0.321 e. The maximum atomic E-state index is 12.8. The lowest BCUT2D eigenvalue weighted by Crippen LogP contribution is -2.60. The summed E-state index contributed by atoms with van der Waals surface area (Å²) in [6.07, 6.45) is 0. The van der Waals surface area contributed by atoms with Crippen LogP contribution >= 0.6 is 11.6 Å². The van der Waals surface area contributed by atoms with Gasteiger partial charge in [0.15, 0.2) is 5.96 Å². The Balaban J connectivity index is 1.72. The van der Waals surface area contributed by atoms with E-state index in [0.29, 0.717) is 36.3 Å². The lowest BCUT2D eigenvalue weighted by Gasteiger charge is -2.43. The summed E-state index contributed by atoms with van der Waals surface area (Å²) in [5, 5.41) is 3.57. The topological polar surface area (TPSA) is 83.2 Å². The fourth-order valence-electron chi connectivity index (χ4n) is 3.65. The SMILES string of the molecule is COc1ccc(N=C(N)N2CCN(C(=O)Nc3ccc(Cl)cc3)CC2C(C)C)c(C)c1. The van der Waals surface area contributed by atoms with E-state index >= 15 is 0 Å². The van der Waals surface area contributed by atoms with Crippen molar-refractivity contribution in [1.29, 1.82) is 0 Å². The van der Waals surface area contributed by atoms with Gasteiger partial charge in [-0.3, -0.25) is 0 Å². The minimum Gasteiger partial charge on any atom is -0.497 e. The molecule has 1 aliphatic heterocycles. The summed E-state index contributed by atoms with van der Waals surface area (Å²) >= 11 is 5.92. The molecule has 1 unspecified atom stereocenters. The van der Waals surface area contributed by atoms with Crippen LogP contribution in [0.15, 0.2) is 47.5 Å². The number of aliphatic imine (C=N–C) groups is 1. The largest absolute Gasteiger partial charge is 0.497 e. The third-order valence-electron chi connectivity index (χ3n) is 5.50. The molecule has 8 heteroatoms. The number of guanidine groups is 1. The van der Waals surface area contributed by atoms with Gasteiger partial charge >= 0.3 is 6.03 Å². The average molecular weight is 444 g/mol. The van der Waals surface area contributed by atoms with Crippen LogP contribution in [-0.2, 0) is 0 Å². The van der Waals surface area contributed by atoms with Crippen LogP contribution in [0, 0.1) is 12.8 Å². The number of rotatable bonds is 4. The van der Waals surface area contributed by atoms with E-state index in [1.807, 2.05) is 30.0 Å². The number of benzene rings is 2. The molecule has 166 valence electrons. The minimum atomic E-state index is -0.130. The highest BCUT2D eigenvalue weighted by atomic mass is 35.5. The zero-order valence-electron chi connectivity index (χ0n) is 18.4. The van der Waals surface area contributed by atoms with Gasteiger partial charge in [-0.2, -0.15) is 0 Å². The van der Waals surface area contributed by atoms with Crippen molar-refractivity contribution in [2.24, 2.45) is 16.6 Å². The number of ether oxygens (including phenoxy) is 1. The molecule has 3 N–H and O–H groups in total. The zero-order valence-corrected chi connectivity index (χ0v) is 19.2. The van der Waals surface area contributed by atoms with Gasteiger partial charge in [-0.15, -0.1) is 0 Å². The number of piperazine rings is 1. The van der Waals surface area contributed by atoms with Crippen LogP contribution in [0.5, 0.6) is 5.75 Å². The first-order valence-corrected chi connectivity index (χ1v) is 10.7. The van der Waals surface area contributed by atoms with Crippen molar-refractivity contribution in [3.8, 4) is 5.75 Å². The summed E-state index contributed by atoms with van der Waals surface area (Å²) in [7, 11) is 1.64. The van der Waals surface area contributed by atoms with Crippen molar-refractivity contribution < 1.29 is 9.53 Å². The molecule has 7 nitrogen and oxygen atoms in total. The molecule has 0 saturated carbocycles. The Labute approximate surface area is 188 Å². The summed E-state index contributed by atoms with van der Waals surface area (Å²) in [5.74, 6) is 1.54. The molecule has 0 aliphatic carbocycles. The van der Waals surface area contributed by atoms with E-state index in [1.165, 1.54) is 0 Å². The van der Waals surface area contributed by atoms with Crippen molar-refractivity contribution in [3.05, 3.63) is 53.1 Å². The predicted octanol–water partition coefficient (Wildman–Crippen LogP) is 4.48. The molecule has 1 atom stereocenters. The summed E-state index contributed by atoms with van der Waals surface area (Å²) in [6.45, 7) is 7.97. The summed E-state index contributed by atoms with van der Waals surface area (Å²) in [5.41, 5.74) is 8.94. The molecule has 1 fully saturated rings. The van der Waals surface area contributed by atoms with Gasteiger partial charge in [-0.25, -0.2) is 9.79 Å². The molecular weight excluding hydrogens is 414 g/mol. The van der Waals surface area contributed by atoms with Crippen molar-refractivity contribution in [2.45, 2.75) is 26.8 Å². The van der Waals surface area contributed by atoms with Gasteiger partial charge in [0.2, 0.25) is 0 Å². The first-order valence-electron chi connectivity index (χ1n) is 10.4. The molecule has 2 aromatic rings. The molecule has 1 saturated heterocycles. The molecule has 3 rings (SSSR count). The first kappa shape index (κ1) is 22.7. The molecule has 0 bridgehead atoms. The number of nitrogens with two attached hydrogens (primary N) is 1. The van der Waals surface area contributed by atoms with Crippen LogP contribution in [0.1, 0.15) is 19.4 Å². The summed E-state index contributed by atoms with van der Waals surface area (Å²) < 4.78 is 5.26. The molecule has 1 heterocycles. The van der Waals surface area contributed by atoms with E-state index in [1.54, 1.807) is 31.4 Å². The number of hydrogen-bond donors (Lipinski definition) is 2. The second kappa shape index (κ2) is 9.92. The van der Waals surface area contributed by atoms with Gasteiger partial charge in [0, 0.05) is 30.3 Å². The normalized spacial score (nSPS) is 17.1. The lowest BCUT2D eigenvalue weighted by atomic mass is 10.00.